The number of halogens is 1. The SMILES string of the molecule is CC#CCn1c(Br)nc2cnn(Cc3nc(C)c4ccccc4n3)c(=O)c21. The van der Waals surface area contributed by atoms with E-state index in [1.807, 2.05) is 31.2 Å². The molecule has 0 amide bonds. The highest BCUT2D eigenvalue weighted by Gasteiger charge is 2.15. The third kappa shape index (κ3) is 3.11. The molecule has 0 fully saturated rings. The lowest BCUT2D eigenvalue weighted by atomic mass is 10.2. The fourth-order valence-corrected chi connectivity index (χ4v) is 3.47. The highest BCUT2D eigenvalue weighted by atomic mass is 79.9. The van der Waals surface area contributed by atoms with Gasteiger partial charge in [0.25, 0.3) is 5.56 Å². The summed E-state index contributed by atoms with van der Waals surface area (Å²) in [6.07, 6.45) is 1.57. The molecule has 1 aromatic carbocycles. The number of nitrogens with zero attached hydrogens (tertiary/aromatic N) is 6. The van der Waals surface area contributed by atoms with Crippen LogP contribution in [0.2, 0.25) is 0 Å². The molecule has 0 saturated heterocycles. The summed E-state index contributed by atoms with van der Waals surface area (Å²) >= 11 is 3.39. The summed E-state index contributed by atoms with van der Waals surface area (Å²) in [7, 11) is 0. The van der Waals surface area contributed by atoms with E-state index in [1.165, 1.54) is 4.68 Å². The lowest BCUT2D eigenvalue weighted by molar-refractivity contribution is 0.618. The molecule has 4 rings (SSSR count). The number of imidazole rings is 1. The first kappa shape index (κ1) is 17.4. The maximum Gasteiger partial charge on any atom is 0.293 e. The fraction of sp³-hybridized carbons (Fsp3) is 0.211. The zero-order valence-corrected chi connectivity index (χ0v) is 16.4. The van der Waals surface area contributed by atoms with Crippen molar-refractivity contribution in [3.8, 4) is 11.8 Å². The molecule has 3 aromatic heterocycles. The molecule has 0 bridgehead atoms. The van der Waals surface area contributed by atoms with E-state index in [2.05, 4.69) is 47.8 Å². The van der Waals surface area contributed by atoms with Gasteiger partial charge in [0, 0.05) is 11.1 Å². The standard InChI is InChI=1S/C19H15BrN6O/c1-3-4-9-25-17-15(24-19(25)20)10-21-26(18(17)27)11-16-22-12(2)13-7-5-6-8-14(13)23-16/h5-8,10H,9,11H2,1-2H3. The molecule has 0 N–H and O–H groups in total. The Kier molecular flexibility index (Phi) is 4.46. The van der Waals surface area contributed by atoms with Gasteiger partial charge in [-0.1, -0.05) is 24.1 Å². The van der Waals surface area contributed by atoms with Gasteiger partial charge >= 0.3 is 0 Å². The lowest BCUT2D eigenvalue weighted by Gasteiger charge is -2.07. The highest BCUT2D eigenvalue weighted by molar-refractivity contribution is 9.10. The average Bonchev–Trinajstić information content (AvgIpc) is 2.98. The summed E-state index contributed by atoms with van der Waals surface area (Å²) in [5.74, 6) is 6.33. The number of hydrogen-bond acceptors (Lipinski definition) is 5. The van der Waals surface area contributed by atoms with Crippen LogP contribution in [0.25, 0.3) is 21.9 Å². The van der Waals surface area contributed by atoms with E-state index in [0.717, 1.165) is 16.6 Å². The van der Waals surface area contributed by atoms with Crippen LogP contribution in [0.15, 0.2) is 40.0 Å². The summed E-state index contributed by atoms with van der Waals surface area (Å²) in [5, 5.41) is 5.23. The molecular formula is C19H15BrN6O. The van der Waals surface area contributed by atoms with Crippen molar-refractivity contribution >= 4 is 37.9 Å². The summed E-state index contributed by atoms with van der Waals surface area (Å²) in [6.45, 7) is 4.25. The van der Waals surface area contributed by atoms with Gasteiger partial charge in [-0.2, -0.15) is 5.10 Å². The quantitative estimate of drug-likeness (QED) is 0.474. The first-order valence-electron chi connectivity index (χ1n) is 8.32. The monoisotopic (exact) mass is 422 g/mol. The Morgan fingerprint density at radius 3 is 2.78 bits per heavy atom. The molecule has 134 valence electrons. The van der Waals surface area contributed by atoms with Crippen LogP contribution in [-0.2, 0) is 13.1 Å². The number of rotatable bonds is 3. The first-order valence-corrected chi connectivity index (χ1v) is 9.11. The van der Waals surface area contributed by atoms with E-state index in [1.54, 1.807) is 17.7 Å². The zero-order valence-electron chi connectivity index (χ0n) is 14.8. The largest absolute Gasteiger partial charge is 0.302 e. The summed E-state index contributed by atoms with van der Waals surface area (Å²) in [6, 6.07) is 7.80. The van der Waals surface area contributed by atoms with Gasteiger partial charge in [0.05, 0.1) is 18.3 Å². The number of para-hydroxylation sites is 1. The molecule has 0 aliphatic rings. The second-order valence-electron chi connectivity index (χ2n) is 5.98. The third-order valence-corrected chi connectivity index (χ3v) is 4.86. The van der Waals surface area contributed by atoms with Crippen molar-refractivity contribution < 1.29 is 0 Å². The lowest BCUT2D eigenvalue weighted by Crippen LogP contribution is -2.26. The Bertz CT molecular complexity index is 1290. The zero-order chi connectivity index (χ0) is 19.0. The van der Waals surface area contributed by atoms with E-state index >= 15 is 0 Å². The van der Waals surface area contributed by atoms with Crippen molar-refractivity contribution in [2.24, 2.45) is 0 Å². The van der Waals surface area contributed by atoms with Gasteiger partial charge in [0.2, 0.25) is 0 Å². The molecular weight excluding hydrogens is 408 g/mol. The van der Waals surface area contributed by atoms with Crippen molar-refractivity contribution in [3.05, 3.63) is 57.1 Å². The summed E-state index contributed by atoms with van der Waals surface area (Å²) < 4.78 is 3.64. The molecule has 0 atom stereocenters. The molecule has 0 saturated carbocycles. The summed E-state index contributed by atoms with van der Waals surface area (Å²) in [5.41, 5.74) is 2.45. The Morgan fingerprint density at radius 2 is 1.96 bits per heavy atom. The van der Waals surface area contributed by atoms with Gasteiger partial charge in [0.1, 0.15) is 17.6 Å². The number of aromatic nitrogens is 6. The Balaban J connectivity index is 1.81. The van der Waals surface area contributed by atoms with Crippen LogP contribution in [0.4, 0.5) is 0 Å². The predicted molar refractivity (Wildman–Crippen MR) is 106 cm³/mol. The molecule has 0 radical (unpaired) electrons. The minimum absolute atomic E-state index is 0.183. The second-order valence-corrected chi connectivity index (χ2v) is 6.69. The van der Waals surface area contributed by atoms with Crippen LogP contribution in [0.5, 0.6) is 0 Å². The van der Waals surface area contributed by atoms with E-state index in [0.29, 0.717) is 28.1 Å². The number of benzene rings is 1. The Labute approximate surface area is 163 Å². The molecule has 0 unspecified atom stereocenters. The molecule has 0 aliphatic heterocycles. The topological polar surface area (TPSA) is 78.5 Å². The molecule has 8 heteroatoms. The molecule has 3 heterocycles. The molecule has 7 nitrogen and oxygen atoms in total. The van der Waals surface area contributed by atoms with Gasteiger partial charge in [-0.15, -0.1) is 5.92 Å². The fourth-order valence-electron chi connectivity index (χ4n) is 2.97. The maximum absolute atomic E-state index is 13.0. The van der Waals surface area contributed by atoms with E-state index in [4.69, 9.17) is 0 Å². The summed E-state index contributed by atoms with van der Waals surface area (Å²) in [4.78, 5) is 26.4. The smallest absolute Gasteiger partial charge is 0.293 e. The van der Waals surface area contributed by atoms with Crippen LogP contribution in [0.1, 0.15) is 18.4 Å². The van der Waals surface area contributed by atoms with Crippen molar-refractivity contribution in [1.29, 1.82) is 0 Å². The Morgan fingerprint density at radius 1 is 1.15 bits per heavy atom. The van der Waals surface area contributed by atoms with Gasteiger partial charge in [0.15, 0.2) is 10.6 Å². The normalized spacial score (nSPS) is 10.9. The van der Waals surface area contributed by atoms with E-state index < -0.39 is 0 Å². The molecule has 4 aromatic rings. The van der Waals surface area contributed by atoms with Crippen LogP contribution < -0.4 is 5.56 Å². The van der Waals surface area contributed by atoms with Crippen LogP contribution in [-0.4, -0.2) is 29.3 Å². The number of aryl methyl sites for hydroxylation is 1. The van der Waals surface area contributed by atoms with Crippen molar-refractivity contribution in [2.45, 2.75) is 26.9 Å². The average molecular weight is 423 g/mol. The highest BCUT2D eigenvalue weighted by Crippen LogP contribution is 2.17. The number of fused-ring (bicyclic) bond motifs is 2. The van der Waals surface area contributed by atoms with Gasteiger partial charge in [-0.25, -0.2) is 19.6 Å². The van der Waals surface area contributed by atoms with Crippen LogP contribution in [0.3, 0.4) is 0 Å². The molecule has 27 heavy (non-hydrogen) atoms. The minimum atomic E-state index is -0.252. The Hall–Kier alpha value is -3.05. The van der Waals surface area contributed by atoms with Gasteiger partial charge < -0.3 is 4.57 Å². The van der Waals surface area contributed by atoms with Gasteiger partial charge in [-0.3, -0.25) is 4.79 Å². The molecule has 0 spiro atoms. The van der Waals surface area contributed by atoms with Gasteiger partial charge in [-0.05, 0) is 35.8 Å². The van der Waals surface area contributed by atoms with Crippen LogP contribution >= 0.6 is 15.9 Å². The molecule has 0 aliphatic carbocycles. The van der Waals surface area contributed by atoms with Crippen LogP contribution in [0, 0.1) is 18.8 Å². The number of hydrogen-bond donors (Lipinski definition) is 0. The predicted octanol–water partition coefficient (Wildman–Crippen LogP) is 2.68. The first-order chi connectivity index (χ1) is 13.1. The van der Waals surface area contributed by atoms with Crippen molar-refractivity contribution in [3.63, 3.8) is 0 Å². The van der Waals surface area contributed by atoms with E-state index in [-0.39, 0.29) is 12.1 Å². The second kappa shape index (κ2) is 6.93. The minimum Gasteiger partial charge on any atom is -0.302 e. The van der Waals surface area contributed by atoms with Crippen molar-refractivity contribution in [1.82, 2.24) is 29.3 Å². The van der Waals surface area contributed by atoms with E-state index in [9.17, 15) is 4.79 Å². The maximum atomic E-state index is 13.0. The third-order valence-electron chi connectivity index (χ3n) is 4.25. The van der Waals surface area contributed by atoms with Crippen molar-refractivity contribution in [2.75, 3.05) is 0 Å².